The van der Waals surface area contributed by atoms with E-state index in [0.717, 1.165) is 0 Å². The van der Waals surface area contributed by atoms with Crippen LogP contribution in [0.4, 0.5) is 22.4 Å². The molecule has 0 spiro atoms. The zero-order valence-electron chi connectivity index (χ0n) is 21.6. The van der Waals surface area contributed by atoms with E-state index in [1.165, 1.54) is 4.90 Å². The molecule has 1 aliphatic rings. The first-order valence-electron chi connectivity index (χ1n) is 11.7. The summed E-state index contributed by atoms with van der Waals surface area (Å²) in [5.41, 5.74) is -7.05. The molecular formula is C23H25ClF4N4O7S. The molecule has 0 unspecified atom stereocenters. The number of aromatic nitrogens is 2. The van der Waals surface area contributed by atoms with Gasteiger partial charge < -0.3 is 9.64 Å². The molecule has 0 radical (unpaired) electrons. The molecule has 0 atom stereocenters. The van der Waals surface area contributed by atoms with Gasteiger partial charge in [-0.2, -0.15) is 13.2 Å². The number of amides is 2. The van der Waals surface area contributed by atoms with Gasteiger partial charge in [-0.1, -0.05) is 11.6 Å². The van der Waals surface area contributed by atoms with Crippen LogP contribution in [0, 0.1) is 5.82 Å². The fourth-order valence-electron chi connectivity index (χ4n) is 3.94. The van der Waals surface area contributed by atoms with Crippen molar-refractivity contribution in [2.45, 2.75) is 50.6 Å². The summed E-state index contributed by atoms with van der Waals surface area (Å²) in [6, 6.07) is 1.17. The SMILES string of the molecule is Cn1c(C(F)(F)F)cc(=O)n(-c2cc(C(=O)NS(=O)(=O)C3CCN(C(=O)OC(C)(C)C)CC3)c(Cl)cc2F)c1=O. The summed E-state index contributed by atoms with van der Waals surface area (Å²) in [6.07, 6.45) is -5.77. The number of sulfonamides is 1. The van der Waals surface area contributed by atoms with Crippen molar-refractivity contribution < 1.29 is 40.3 Å². The maximum atomic E-state index is 14.7. The zero-order valence-corrected chi connectivity index (χ0v) is 23.2. The number of alkyl halides is 3. The van der Waals surface area contributed by atoms with Gasteiger partial charge in [-0.05, 0) is 45.7 Å². The van der Waals surface area contributed by atoms with Gasteiger partial charge in [0.1, 0.15) is 17.1 Å². The average Bonchev–Trinajstić information content (AvgIpc) is 2.80. The predicted molar refractivity (Wildman–Crippen MR) is 134 cm³/mol. The Balaban J connectivity index is 1.87. The lowest BCUT2D eigenvalue weighted by Gasteiger charge is -2.33. The molecule has 2 aromatic rings. The third kappa shape index (κ3) is 6.66. The van der Waals surface area contributed by atoms with E-state index in [1.807, 2.05) is 0 Å². The van der Waals surface area contributed by atoms with E-state index in [2.05, 4.69) is 0 Å². The van der Waals surface area contributed by atoms with Gasteiger partial charge in [0, 0.05) is 26.2 Å². The summed E-state index contributed by atoms with van der Waals surface area (Å²) < 4.78 is 87.2. The third-order valence-corrected chi connectivity index (χ3v) is 8.03. The lowest BCUT2D eigenvalue weighted by molar-refractivity contribution is -0.144. The van der Waals surface area contributed by atoms with Crippen LogP contribution in [0.3, 0.4) is 0 Å². The van der Waals surface area contributed by atoms with Crippen molar-refractivity contribution in [3.63, 3.8) is 0 Å². The van der Waals surface area contributed by atoms with Crippen LogP contribution in [0.15, 0.2) is 27.8 Å². The standard InChI is InChI=1S/C23H25ClF4N4O7S/c1-22(2,3)39-21(36)31-7-5-12(6-8-31)40(37,38)29-19(34)13-9-16(15(25)10-14(13)24)32-18(33)11-17(23(26,27)28)30(4)20(32)35/h9-12H,5-8H2,1-4H3,(H,29,34). The van der Waals surface area contributed by atoms with Crippen LogP contribution in [-0.4, -0.2) is 58.4 Å². The normalized spacial score (nSPS) is 15.2. The summed E-state index contributed by atoms with van der Waals surface area (Å²) in [6.45, 7) is 5.08. The molecule has 2 amide bonds. The van der Waals surface area contributed by atoms with E-state index in [1.54, 1.807) is 25.5 Å². The number of ether oxygens (including phenoxy) is 1. The molecule has 0 saturated carbocycles. The van der Waals surface area contributed by atoms with E-state index in [9.17, 15) is 45.2 Å². The van der Waals surface area contributed by atoms with Crippen LogP contribution in [0.25, 0.3) is 5.69 Å². The monoisotopic (exact) mass is 612 g/mol. The van der Waals surface area contributed by atoms with E-state index in [-0.39, 0.29) is 41.1 Å². The van der Waals surface area contributed by atoms with Gasteiger partial charge in [-0.3, -0.25) is 14.2 Å². The molecule has 1 aromatic carbocycles. The highest BCUT2D eigenvalue weighted by atomic mass is 35.5. The number of halogens is 5. The first kappa shape index (κ1) is 31.1. The fourth-order valence-corrected chi connectivity index (χ4v) is 5.55. The Labute approximate surface area is 230 Å². The number of piperidine rings is 1. The van der Waals surface area contributed by atoms with E-state index in [4.69, 9.17) is 16.3 Å². The molecule has 1 fully saturated rings. The number of rotatable bonds is 4. The Kier molecular flexibility index (Phi) is 8.46. The maximum absolute atomic E-state index is 14.7. The van der Waals surface area contributed by atoms with E-state index in [0.29, 0.717) is 19.2 Å². The topological polar surface area (TPSA) is 137 Å². The van der Waals surface area contributed by atoms with Gasteiger partial charge in [0.25, 0.3) is 11.5 Å². The van der Waals surface area contributed by atoms with Crippen LogP contribution in [0.1, 0.15) is 49.7 Å². The number of likely N-dealkylation sites (tertiary alicyclic amines) is 1. The molecule has 1 aromatic heterocycles. The van der Waals surface area contributed by atoms with Crippen molar-refractivity contribution in [3.8, 4) is 5.69 Å². The van der Waals surface area contributed by atoms with Gasteiger partial charge in [0.05, 0.1) is 21.5 Å². The number of nitrogens with one attached hydrogen (secondary N) is 1. The van der Waals surface area contributed by atoms with Crippen molar-refractivity contribution >= 4 is 33.6 Å². The molecule has 1 aliphatic heterocycles. The molecule has 3 rings (SSSR count). The Morgan fingerprint density at radius 2 is 1.65 bits per heavy atom. The highest BCUT2D eigenvalue weighted by Gasteiger charge is 2.36. The van der Waals surface area contributed by atoms with Gasteiger partial charge in [-0.25, -0.2) is 31.7 Å². The van der Waals surface area contributed by atoms with Crippen molar-refractivity contribution in [1.82, 2.24) is 18.8 Å². The zero-order chi connectivity index (χ0) is 30.4. The van der Waals surface area contributed by atoms with Gasteiger partial charge in [0.2, 0.25) is 10.0 Å². The minimum Gasteiger partial charge on any atom is -0.444 e. The van der Waals surface area contributed by atoms with Crippen LogP contribution < -0.4 is 16.0 Å². The molecule has 1 N–H and O–H groups in total. The van der Waals surface area contributed by atoms with Gasteiger partial charge in [0.15, 0.2) is 0 Å². The lowest BCUT2D eigenvalue weighted by atomic mass is 10.1. The molecule has 40 heavy (non-hydrogen) atoms. The molecular weight excluding hydrogens is 588 g/mol. The Bertz CT molecular complexity index is 1570. The number of carbonyl (C=O) groups excluding carboxylic acids is 2. The smallest absolute Gasteiger partial charge is 0.431 e. The quantitative estimate of drug-likeness (QED) is 0.524. The third-order valence-electron chi connectivity index (χ3n) is 5.90. The number of nitrogens with zero attached hydrogens (tertiary/aromatic N) is 3. The average molecular weight is 613 g/mol. The molecule has 1 saturated heterocycles. The second kappa shape index (κ2) is 10.9. The summed E-state index contributed by atoms with van der Waals surface area (Å²) >= 11 is 5.93. The van der Waals surface area contributed by atoms with Crippen molar-refractivity contribution in [3.05, 3.63) is 61.1 Å². The summed E-state index contributed by atoms with van der Waals surface area (Å²) in [5.74, 6) is -2.67. The van der Waals surface area contributed by atoms with Crippen LogP contribution in [0.2, 0.25) is 5.02 Å². The summed E-state index contributed by atoms with van der Waals surface area (Å²) in [5, 5.41) is -1.69. The first-order valence-corrected chi connectivity index (χ1v) is 13.6. The van der Waals surface area contributed by atoms with Crippen molar-refractivity contribution in [2.24, 2.45) is 7.05 Å². The van der Waals surface area contributed by atoms with Gasteiger partial charge >= 0.3 is 18.0 Å². The number of benzene rings is 1. The number of carbonyl (C=O) groups is 2. The van der Waals surface area contributed by atoms with E-state index >= 15 is 0 Å². The minimum atomic E-state index is -5.06. The Hall–Kier alpha value is -3.40. The number of hydrogen-bond acceptors (Lipinski definition) is 7. The highest BCUT2D eigenvalue weighted by molar-refractivity contribution is 7.90. The number of hydrogen-bond donors (Lipinski definition) is 1. The summed E-state index contributed by atoms with van der Waals surface area (Å²) in [4.78, 5) is 51.3. The molecule has 220 valence electrons. The van der Waals surface area contributed by atoms with Crippen LogP contribution in [-0.2, 0) is 28.0 Å². The Morgan fingerprint density at radius 1 is 1.07 bits per heavy atom. The lowest BCUT2D eigenvalue weighted by Crippen LogP contribution is -2.47. The molecule has 0 bridgehead atoms. The highest BCUT2D eigenvalue weighted by Crippen LogP contribution is 2.28. The van der Waals surface area contributed by atoms with Crippen molar-refractivity contribution in [2.75, 3.05) is 13.1 Å². The fraction of sp³-hybridized carbons (Fsp3) is 0.478. The van der Waals surface area contributed by atoms with Gasteiger partial charge in [-0.15, -0.1) is 0 Å². The second-order valence-electron chi connectivity index (χ2n) is 9.97. The minimum absolute atomic E-state index is 0.0241. The molecule has 0 aliphatic carbocycles. The molecule has 11 nitrogen and oxygen atoms in total. The van der Waals surface area contributed by atoms with Crippen molar-refractivity contribution in [1.29, 1.82) is 0 Å². The predicted octanol–water partition coefficient (Wildman–Crippen LogP) is 2.81. The molecule has 2 heterocycles. The summed E-state index contributed by atoms with van der Waals surface area (Å²) in [7, 11) is -3.64. The van der Waals surface area contributed by atoms with Crippen LogP contribution >= 0.6 is 11.6 Å². The Morgan fingerprint density at radius 3 is 2.17 bits per heavy atom. The molecule has 17 heteroatoms. The van der Waals surface area contributed by atoms with E-state index < -0.39 is 78.1 Å². The van der Waals surface area contributed by atoms with Crippen LogP contribution in [0.5, 0.6) is 0 Å². The first-order chi connectivity index (χ1) is 18.2. The largest absolute Gasteiger partial charge is 0.444 e. The second-order valence-corrected chi connectivity index (χ2v) is 12.3. The maximum Gasteiger partial charge on any atom is 0.431 e.